The Kier molecular flexibility index (Phi) is 3.78. The number of para-hydroxylation sites is 1. The maximum atomic E-state index is 5.73. The molecule has 0 aliphatic rings. The minimum Gasteiger partial charge on any atom is -0.271 e. The van der Waals surface area contributed by atoms with Crippen molar-refractivity contribution in [3.05, 3.63) is 76.4 Å². The number of rotatable bonds is 3. The molecular weight excluding hydrogens is 314 g/mol. The van der Waals surface area contributed by atoms with Crippen molar-refractivity contribution in [2.45, 2.75) is 6.04 Å². The van der Waals surface area contributed by atoms with Crippen molar-refractivity contribution in [3.63, 3.8) is 0 Å². The van der Waals surface area contributed by atoms with Crippen molar-refractivity contribution < 1.29 is 0 Å². The second-order valence-electron chi connectivity index (χ2n) is 4.61. The maximum absolute atomic E-state index is 5.73. The summed E-state index contributed by atoms with van der Waals surface area (Å²) < 4.78 is 1.05. The van der Waals surface area contributed by atoms with Crippen LogP contribution >= 0.6 is 15.9 Å². The van der Waals surface area contributed by atoms with E-state index in [1.54, 1.807) is 0 Å². The standard InChI is InChI=1S/C16H14BrN3/c17-14-7-5-11(6-8-14)16(20-18)13-9-12-3-1-2-4-15(12)19-10-13/h1-10,16,20H,18H2. The lowest BCUT2D eigenvalue weighted by Crippen LogP contribution is -2.28. The highest BCUT2D eigenvalue weighted by Gasteiger charge is 2.13. The molecule has 4 heteroatoms. The summed E-state index contributed by atoms with van der Waals surface area (Å²) in [6.07, 6.45) is 1.87. The average Bonchev–Trinajstić information content (AvgIpc) is 2.50. The van der Waals surface area contributed by atoms with Gasteiger partial charge in [-0.25, -0.2) is 5.43 Å². The van der Waals surface area contributed by atoms with Crippen LogP contribution in [-0.2, 0) is 0 Å². The molecule has 0 aliphatic carbocycles. The molecule has 3 aromatic rings. The van der Waals surface area contributed by atoms with Crippen molar-refractivity contribution in [3.8, 4) is 0 Å². The van der Waals surface area contributed by atoms with E-state index in [0.29, 0.717) is 0 Å². The zero-order chi connectivity index (χ0) is 13.9. The fourth-order valence-corrected chi connectivity index (χ4v) is 2.55. The molecule has 0 saturated carbocycles. The summed E-state index contributed by atoms with van der Waals surface area (Å²) in [5.41, 5.74) is 6.01. The number of hydrogen-bond acceptors (Lipinski definition) is 3. The Hall–Kier alpha value is -1.75. The van der Waals surface area contributed by atoms with Gasteiger partial charge in [-0.05, 0) is 35.4 Å². The largest absolute Gasteiger partial charge is 0.271 e. The van der Waals surface area contributed by atoms with Crippen LogP contribution in [-0.4, -0.2) is 4.98 Å². The third kappa shape index (κ3) is 2.58. The molecular formula is C16H14BrN3. The summed E-state index contributed by atoms with van der Waals surface area (Å²) in [5.74, 6) is 5.73. The number of fused-ring (bicyclic) bond motifs is 1. The first-order chi connectivity index (χ1) is 9.78. The zero-order valence-electron chi connectivity index (χ0n) is 10.8. The lowest BCUT2D eigenvalue weighted by atomic mass is 9.99. The van der Waals surface area contributed by atoms with Gasteiger partial charge in [0.1, 0.15) is 0 Å². The number of benzene rings is 2. The second kappa shape index (κ2) is 5.71. The molecule has 1 aromatic heterocycles. The summed E-state index contributed by atoms with van der Waals surface area (Å²) in [4.78, 5) is 4.49. The van der Waals surface area contributed by atoms with E-state index in [1.807, 2.05) is 48.7 Å². The highest BCUT2D eigenvalue weighted by molar-refractivity contribution is 9.10. The molecule has 0 aliphatic heterocycles. The number of aromatic nitrogens is 1. The first kappa shape index (κ1) is 13.2. The third-order valence-corrected chi connectivity index (χ3v) is 3.84. The summed E-state index contributed by atoms with van der Waals surface area (Å²) in [6.45, 7) is 0. The number of hydrazine groups is 1. The minimum absolute atomic E-state index is 0.0693. The number of nitrogens with one attached hydrogen (secondary N) is 1. The van der Waals surface area contributed by atoms with Crippen LogP contribution in [0.25, 0.3) is 10.9 Å². The van der Waals surface area contributed by atoms with Crippen molar-refractivity contribution in [2.75, 3.05) is 0 Å². The number of hydrogen-bond donors (Lipinski definition) is 2. The third-order valence-electron chi connectivity index (χ3n) is 3.31. The smallest absolute Gasteiger partial charge is 0.0725 e. The monoisotopic (exact) mass is 327 g/mol. The molecule has 0 radical (unpaired) electrons. The Morgan fingerprint density at radius 1 is 1.00 bits per heavy atom. The predicted molar refractivity (Wildman–Crippen MR) is 85.1 cm³/mol. The molecule has 3 rings (SSSR count). The molecule has 0 amide bonds. The van der Waals surface area contributed by atoms with Gasteiger partial charge in [0.2, 0.25) is 0 Å². The molecule has 3 N–H and O–H groups in total. The molecule has 0 fully saturated rings. The van der Waals surface area contributed by atoms with E-state index in [9.17, 15) is 0 Å². The Morgan fingerprint density at radius 3 is 2.50 bits per heavy atom. The topological polar surface area (TPSA) is 50.9 Å². The van der Waals surface area contributed by atoms with Crippen LogP contribution in [0.1, 0.15) is 17.2 Å². The van der Waals surface area contributed by atoms with Crippen LogP contribution in [0.3, 0.4) is 0 Å². The normalized spacial score (nSPS) is 12.5. The van der Waals surface area contributed by atoms with Gasteiger partial charge < -0.3 is 0 Å². The predicted octanol–water partition coefficient (Wildman–Crippen LogP) is 3.55. The van der Waals surface area contributed by atoms with Gasteiger partial charge >= 0.3 is 0 Å². The summed E-state index contributed by atoms with van der Waals surface area (Å²) in [7, 11) is 0. The molecule has 1 heterocycles. The number of pyridine rings is 1. The summed E-state index contributed by atoms with van der Waals surface area (Å²) in [5, 5.41) is 1.11. The average molecular weight is 328 g/mol. The number of nitrogens with two attached hydrogens (primary N) is 1. The molecule has 1 unspecified atom stereocenters. The Bertz CT molecular complexity index is 725. The molecule has 0 saturated heterocycles. The van der Waals surface area contributed by atoms with Crippen LogP contribution in [0.2, 0.25) is 0 Å². The van der Waals surface area contributed by atoms with E-state index < -0.39 is 0 Å². The van der Waals surface area contributed by atoms with Gasteiger partial charge in [0.05, 0.1) is 11.6 Å². The van der Waals surface area contributed by atoms with E-state index >= 15 is 0 Å². The van der Waals surface area contributed by atoms with Gasteiger partial charge in [0.25, 0.3) is 0 Å². The first-order valence-electron chi connectivity index (χ1n) is 6.34. The number of halogens is 1. The lowest BCUT2D eigenvalue weighted by molar-refractivity contribution is 0.635. The van der Waals surface area contributed by atoms with Gasteiger partial charge in [0.15, 0.2) is 0 Å². The molecule has 1 atom stereocenters. The van der Waals surface area contributed by atoms with Gasteiger partial charge in [-0.1, -0.05) is 46.3 Å². The highest BCUT2D eigenvalue weighted by Crippen LogP contribution is 2.24. The highest BCUT2D eigenvalue weighted by atomic mass is 79.9. The van der Waals surface area contributed by atoms with Crippen LogP contribution in [0.5, 0.6) is 0 Å². The molecule has 20 heavy (non-hydrogen) atoms. The van der Waals surface area contributed by atoms with Crippen molar-refractivity contribution in [2.24, 2.45) is 5.84 Å². The SMILES string of the molecule is NNC(c1ccc(Br)cc1)c1cnc2ccccc2c1. The fourth-order valence-electron chi connectivity index (χ4n) is 2.29. The van der Waals surface area contributed by atoms with E-state index in [4.69, 9.17) is 5.84 Å². The van der Waals surface area contributed by atoms with Crippen LogP contribution in [0.15, 0.2) is 65.3 Å². The second-order valence-corrected chi connectivity index (χ2v) is 5.53. The van der Waals surface area contributed by atoms with Gasteiger partial charge in [-0.2, -0.15) is 0 Å². The lowest BCUT2D eigenvalue weighted by Gasteiger charge is -2.17. The maximum Gasteiger partial charge on any atom is 0.0725 e. The summed E-state index contributed by atoms with van der Waals surface area (Å²) >= 11 is 3.44. The van der Waals surface area contributed by atoms with Gasteiger partial charge in [0, 0.05) is 16.1 Å². The van der Waals surface area contributed by atoms with E-state index in [-0.39, 0.29) is 6.04 Å². The molecule has 2 aromatic carbocycles. The summed E-state index contributed by atoms with van der Waals surface area (Å²) in [6, 6.07) is 18.2. The zero-order valence-corrected chi connectivity index (χ0v) is 12.3. The van der Waals surface area contributed by atoms with E-state index in [0.717, 1.165) is 26.5 Å². The fraction of sp³-hybridized carbons (Fsp3) is 0.0625. The molecule has 0 spiro atoms. The van der Waals surface area contributed by atoms with Crippen LogP contribution in [0.4, 0.5) is 0 Å². The van der Waals surface area contributed by atoms with Crippen LogP contribution < -0.4 is 11.3 Å². The molecule has 3 nitrogen and oxygen atoms in total. The van der Waals surface area contributed by atoms with Gasteiger partial charge in [-0.15, -0.1) is 0 Å². The van der Waals surface area contributed by atoms with Crippen molar-refractivity contribution in [1.29, 1.82) is 0 Å². The quantitative estimate of drug-likeness (QED) is 0.571. The van der Waals surface area contributed by atoms with E-state index in [1.165, 1.54) is 0 Å². The number of nitrogens with zero attached hydrogens (tertiary/aromatic N) is 1. The Morgan fingerprint density at radius 2 is 1.75 bits per heavy atom. The Labute approximate surface area is 125 Å². The molecule has 0 bridgehead atoms. The molecule has 100 valence electrons. The van der Waals surface area contributed by atoms with Crippen molar-refractivity contribution >= 4 is 26.8 Å². The van der Waals surface area contributed by atoms with Crippen molar-refractivity contribution in [1.82, 2.24) is 10.4 Å². The Balaban J connectivity index is 2.04. The minimum atomic E-state index is -0.0693. The first-order valence-corrected chi connectivity index (χ1v) is 7.13. The van der Waals surface area contributed by atoms with Gasteiger partial charge in [-0.3, -0.25) is 10.8 Å². The van der Waals surface area contributed by atoms with Crippen LogP contribution in [0, 0.1) is 0 Å². The van der Waals surface area contributed by atoms with E-state index in [2.05, 4.69) is 38.5 Å².